The Morgan fingerprint density at radius 2 is 1.84 bits per heavy atom. The molecule has 1 heterocycles. The molecule has 1 aliphatic heterocycles. The third kappa shape index (κ3) is 2.59. The van der Waals surface area contributed by atoms with Crippen LogP contribution in [0.3, 0.4) is 0 Å². The van der Waals surface area contributed by atoms with Gasteiger partial charge >= 0.3 is 5.97 Å². The molecular weight excluding hydrogens is 280 g/mol. The summed E-state index contributed by atoms with van der Waals surface area (Å²) in [5.74, 6) is -3.31. The Morgan fingerprint density at radius 1 is 1.26 bits per heavy atom. The van der Waals surface area contributed by atoms with Gasteiger partial charge in [-0.2, -0.15) is 4.31 Å². The summed E-state index contributed by atoms with van der Waals surface area (Å²) in [4.78, 5) is 10.4. The van der Waals surface area contributed by atoms with E-state index >= 15 is 0 Å². The highest BCUT2D eigenvalue weighted by Gasteiger charge is 2.39. The van der Waals surface area contributed by atoms with Crippen LogP contribution in [-0.2, 0) is 14.8 Å². The Labute approximate surface area is 108 Å². The molecule has 0 amide bonds. The molecule has 1 aromatic carbocycles. The van der Waals surface area contributed by atoms with Crippen molar-refractivity contribution in [2.24, 2.45) is 0 Å². The Hall–Kier alpha value is -1.54. The van der Waals surface area contributed by atoms with Gasteiger partial charge < -0.3 is 5.11 Å². The van der Waals surface area contributed by atoms with Crippen molar-refractivity contribution in [2.75, 3.05) is 6.54 Å². The second-order valence-electron chi connectivity index (χ2n) is 4.22. The Bertz CT molecular complexity index is 597. The van der Waals surface area contributed by atoms with E-state index in [1.54, 1.807) is 0 Å². The maximum absolute atomic E-state index is 13.1. The molecule has 0 aromatic heterocycles. The molecule has 0 saturated carbocycles. The largest absolute Gasteiger partial charge is 0.480 e. The lowest BCUT2D eigenvalue weighted by Crippen LogP contribution is -2.40. The topological polar surface area (TPSA) is 74.7 Å². The van der Waals surface area contributed by atoms with Crippen molar-refractivity contribution in [2.45, 2.75) is 23.8 Å². The SMILES string of the molecule is O=C(O)[C@@H]1CCCN1S(=O)(=O)c1cc(F)cc(F)c1. The van der Waals surface area contributed by atoms with Crippen LogP contribution in [0, 0.1) is 11.6 Å². The highest BCUT2D eigenvalue weighted by atomic mass is 32.2. The number of rotatable bonds is 3. The standard InChI is InChI=1S/C11H11F2NO4S/c12-7-4-8(13)6-9(5-7)19(17,18)14-3-1-2-10(14)11(15)16/h4-6,10H,1-3H2,(H,15,16)/t10-/m0/s1. The van der Waals surface area contributed by atoms with Crippen molar-refractivity contribution >= 4 is 16.0 Å². The van der Waals surface area contributed by atoms with Crippen LogP contribution < -0.4 is 0 Å². The van der Waals surface area contributed by atoms with Crippen LogP contribution in [0.25, 0.3) is 0 Å². The summed E-state index contributed by atoms with van der Waals surface area (Å²) in [5.41, 5.74) is 0. The minimum atomic E-state index is -4.21. The highest BCUT2D eigenvalue weighted by molar-refractivity contribution is 7.89. The molecule has 1 saturated heterocycles. The van der Waals surface area contributed by atoms with E-state index < -0.39 is 38.6 Å². The number of benzene rings is 1. The number of hydrogen-bond acceptors (Lipinski definition) is 3. The van der Waals surface area contributed by atoms with Gasteiger partial charge in [0.15, 0.2) is 0 Å². The van der Waals surface area contributed by atoms with Crippen LogP contribution in [0.4, 0.5) is 8.78 Å². The molecule has 0 unspecified atom stereocenters. The Kier molecular flexibility index (Phi) is 3.55. The fraction of sp³-hybridized carbons (Fsp3) is 0.364. The van der Waals surface area contributed by atoms with E-state index in [-0.39, 0.29) is 13.0 Å². The van der Waals surface area contributed by atoms with Crippen LogP contribution in [0.15, 0.2) is 23.1 Å². The van der Waals surface area contributed by atoms with E-state index in [9.17, 15) is 22.0 Å². The van der Waals surface area contributed by atoms with Gasteiger partial charge in [0.1, 0.15) is 17.7 Å². The molecule has 0 bridgehead atoms. The van der Waals surface area contributed by atoms with Crippen LogP contribution >= 0.6 is 0 Å². The second-order valence-corrected chi connectivity index (χ2v) is 6.11. The summed E-state index contributed by atoms with van der Waals surface area (Å²) in [6.07, 6.45) is 0.584. The van der Waals surface area contributed by atoms with Crippen LogP contribution in [-0.4, -0.2) is 36.4 Å². The molecule has 0 aliphatic carbocycles. The number of nitrogens with zero attached hydrogens (tertiary/aromatic N) is 1. The van der Waals surface area contributed by atoms with Crippen LogP contribution in [0.1, 0.15) is 12.8 Å². The first-order valence-electron chi connectivity index (χ1n) is 5.53. The lowest BCUT2D eigenvalue weighted by molar-refractivity contribution is -0.140. The van der Waals surface area contributed by atoms with E-state index in [0.717, 1.165) is 4.31 Å². The molecule has 5 nitrogen and oxygen atoms in total. The van der Waals surface area contributed by atoms with Gasteiger partial charge in [-0.3, -0.25) is 4.79 Å². The van der Waals surface area contributed by atoms with Gasteiger partial charge in [0.2, 0.25) is 10.0 Å². The quantitative estimate of drug-likeness (QED) is 0.908. The van der Waals surface area contributed by atoms with Gasteiger partial charge in [-0.15, -0.1) is 0 Å². The predicted octanol–water partition coefficient (Wildman–Crippen LogP) is 1.20. The molecule has 1 atom stereocenters. The number of carboxylic acid groups (broad SMARTS) is 1. The molecule has 1 fully saturated rings. The third-order valence-electron chi connectivity index (χ3n) is 2.93. The molecule has 1 aliphatic rings. The van der Waals surface area contributed by atoms with Crippen LogP contribution in [0.5, 0.6) is 0 Å². The van der Waals surface area contributed by atoms with Crippen molar-refractivity contribution in [3.63, 3.8) is 0 Å². The minimum Gasteiger partial charge on any atom is -0.480 e. The fourth-order valence-electron chi connectivity index (χ4n) is 2.09. The first-order valence-corrected chi connectivity index (χ1v) is 6.97. The maximum atomic E-state index is 13.1. The molecule has 0 radical (unpaired) electrons. The monoisotopic (exact) mass is 291 g/mol. The zero-order valence-electron chi connectivity index (χ0n) is 9.71. The normalized spacial score (nSPS) is 20.6. The number of sulfonamides is 1. The van der Waals surface area contributed by atoms with Gasteiger partial charge in [-0.1, -0.05) is 0 Å². The molecule has 104 valence electrons. The average molecular weight is 291 g/mol. The number of carboxylic acids is 1. The van der Waals surface area contributed by atoms with Crippen molar-refractivity contribution in [1.82, 2.24) is 4.31 Å². The predicted molar refractivity (Wildman–Crippen MR) is 60.9 cm³/mol. The van der Waals surface area contributed by atoms with Crippen molar-refractivity contribution in [3.8, 4) is 0 Å². The Balaban J connectivity index is 2.44. The van der Waals surface area contributed by atoms with Gasteiger partial charge in [-0.25, -0.2) is 17.2 Å². The smallest absolute Gasteiger partial charge is 0.322 e. The maximum Gasteiger partial charge on any atom is 0.322 e. The molecular formula is C11H11F2NO4S. The van der Waals surface area contributed by atoms with Crippen LogP contribution in [0.2, 0.25) is 0 Å². The van der Waals surface area contributed by atoms with E-state index in [1.165, 1.54) is 0 Å². The van der Waals surface area contributed by atoms with Gasteiger partial charge in [0.05, 0.1) is 4.90 Å². The third-order valence-corrected chi connectivity index (χ3v) is 4.82. The zero-order valence-corrected chi connectivity index (χ0v) is 10.5. The van der Waals surface area contributed by atoms with E-state index in [4.69, 9.17) is 5.11 Å². The molecule has 0 spiro atoms. The number of halogens is 2. The zero-order chi connectivity index (χ0) is 14.2. The number of hydrogen-bond donors (Lipinski definition) is 1. The summed E-state index contributed by atoms with van der Waals surface area (Å²) in [7, 11) is -4.21. The van der Waals surface area contributed by atoms with E-state index in [2.05, 4.69) is 0 Å². The first kappa shape index (κ1) is 13.9. The molecule has 8 heteroatoms. The number of carbonyl (C=O) groups is 1. The minimum absolute atomic E-state index is 0.0252. The van der Waals surface area contributed by atoms with E-state index in [1.807, 2.05) is 0 Å². The second kappa shape index (κ2) is 4.86. The van der Waals surface area contributed by atoms with Crippen molar-refractivity contribution < 1.29 is 27.1 Å². The Morgan fingerprint density at radius 3 is 2.37 bits per heavy atom. The van der Waals surface area contributed by atoms with Crippen molar-refractivity contribution in [1.29, 1.82) is 0 Å². The summed E-state index contributed by atoms with van der Waals surface area (Å²) >= 11 is 0. The molecule has 19 heavy (non-hydrogen) atoms. The van der Waals surface area contributed by atoms with E-state index in [0.29, 0.717) is 24.6 Å². The molecule has 1 aromatic rings. The van der Waals surface area contributed by atoms with Gasteiger partial charge in [-0.05, 0) is 25.0 Å². The lowest BCUT2D eigenvalue weighted by atomic mass is 10.2. The number of aliphatic carboxylic acids is 1. The van der Waals surface area contributed by atoms with Gasteiger partial charge in [0, 0.05) is 12.6 Å². The summed E-state index contributed by atoms with van der Waals surface area (Å²) < 4.78 is 51.3. The fourth-order valence-corrected chi connectivity index (χ4v) is 3.78. The summed E-state index contributed by atoms with van der Waals surface area (Å²) in [6, 6.07) is 0.722. The molecule has 2 rings (SSSR count). The summed E-state index contributed by atoms with van der Waals surface area (Å²) in [5, 5.41) is 8.95. The lowest BCUT2D eigenvalue weighted by Gasteiger charge is -2.20. The van der Waals surface area contributed by atoms with Gasteiger partial charge in [0.25, 0.3) is 0 Å². The summed E-state index contributed by atoms with van der Waals surface area (Å²) in [6.45, 7) is 0.0252. The average Bonchev–Trinajstić information content (AvgIpc) is 2.76. The highest BCUT2D eigenvalue weighted by Crippen LogP contribution is 2.27. The van der Waals surface area contributed by atoms with Crippen molar-refractivity contribution in [3.05, 3.63) is 29.8 Å². The molecule has 1 N–H and O–H groups in total. The first-order chi connectivity index (χ1) is 8.82.